The van der Waals surface area contributed by atoms with Crippen molar-refractivity contribution < 1.29 is 4.79 Å². The molecule has 0 aromatic carbocycles. The number of thiazole rings is 1. The second kappa shape index (κ2) is 12.5. The number of halogens is 1. The first-order chi connectivity index (χ1) is 11.7. The van der Waals surface area contributed by atoms with Crippen LogP contribution in [-0.2, 0) is 11.2 Å². The second-order valence-electron chi connectivity index (χ2n) is 6.09. The molecule has 1 fully saturated rings. The molecule has 3 N–H and O–H groups in total. The Balaban J connectivity index is 0.00000312. The van der Waals surface area contributed by atoms with E-state index in [1.54, 1.807) is 11.3 Å². The van der Waals surface area contributed by atoms with Crippen molar-refractivity contribution in [2.45, 2.75) is 58.4 Å². The first-order valence-corrected chi connectivity index (χ1v) is 9.78. The number of hydrogen-bond donors (Lipinski definition) is 3. The number of rotatable bonds is 8. The Bertz CT molecular complexity index is 543. The Morgan fingerprint density at radius 3 is 2.76 bits per heavy atom. The van der Waals surface area contributed by atoms with E-state index in [-0.39, 0.29) is 29.9 Å². The van der Waals surface area contributed by atoms with Crippen LogP contribution in [0, 0.1) is 6.92 Å². The molecule has 8 heteroatoms. The van der Waals surface area contributed by atoms with Crippen LogP contribution in [0.15, 0.2) is 10.4 Å². The lowest BCUT2D eigenvalue weighted by molar-refractivity contribution is -0.121. The molecular weight excluding hydrogens is 449 g/mol. The molecule has 1 amide bonds. The van der Waals surface area contributed by atoms with Crippen molar-refractivity contribution in [1.29, 1.82) is 0 Å². The van der Waals surface area contributed by atoms with Crippen molar-refractivity contribution in [2.24, 2.45) is 4.99 Å². The first-order valence-electron chi connectivity index (χ1n) is 8.90. The number of aromatic nitrogens is 1. The highest BCUT2D eigenvalue weighted by molar-refractivity contribution is 14.0. The normalized spacial score (nSPS) is 14.9. The molecule has 1 heterocycles. The van der Waals surface area contributed by atoms with Crippen LogP contribution < -0.4 is 16.0 Å². The fourth-order valence-electron chi connectivity index (χ4n) is 2.81. The average Bonchev–Trinajstić information content (AvgIpc) is 3.19. The molecule has 0 spiro atoms. The van der Waals surface area contributed by atoms with E-state index in [0.29, 0.717) is 19.0 Å². The molecule has 1 saturated carbocycles. The van der Waals surface area contributed by atoms with E-state index >= 15 is 0 Å². The zero-order valence-electron chi connectivity index (χ0n) is 15.1. The fraction of sp³-hybridized carbons (Fsp3) is 0.706. The molecular formula is C17H30IN5OS. The van der Waals surface area contributed by atoms with E-state index in [4.69, 9.17) is 0 Å². The standard InChI is InChI=1S/C17H29N5OS.HI/c1-3-18-17(19-10-8-15-12-24-13(2)21-15)20-11-9-16(23)22-14-6-4-5-7-14;/h12,14H,3-11H2,1-2H3,(H,22,23)(H2,18,19,20);1H. The van der Waals surface area contributed by atoms with E-state index in [1.807, 2.05) is 13.8 Å². The van der Waals surface area contributed by atoms with Crippen molar-refractivity contribution in [3.05, 3.63) is 16.1 Å². The number of guanidine groups is 1. The fourth-order valence-corrected chi connectivity index (χ4v) is 3.46. The number of aliphatic imine (C=N–C) groups is 1. The third-order valence-corrected chi connectivity index (χ3v) is 4.84. The maximum Gasteiger partial charge on any atom is 0.222 e. The molecule has 25 heavy (non-hydrogen) atoms. The molecule has 1 aromatic rings. The third-order valence-electron chi connectivity index (χ3n) is 4.01. The van der Waals surface area contributed by atoms with Gasteiger partial charge in [0.2, 0.25) is 5.91 Å². The van der Waals surface area contributed by atoms with Crippen LogP contribution in [0.2, 0.25) is 0 Å². The van der Waals surface area contributed by atoms with Gasteiger partial charge in [0.25, 0.3) is 0 Å². The van der Waals surface area contributed by atoms with Gasteiger partial charge in [-0.25, -0.2) is 4.98 Å². The molecule has 142 valence electrons. The highest BCUT2D eigenvalue weighted by Gasteiger charge is 2.16. The number of amides is 1. The highest BCUT2D eigenvalue weighted by atomic mass is 127. The SMILES string of the molecule is CCNC(=NCCC(=O)NC1CCCC1)NCCc1csc(C)n1.I. The van der Waals surface area contributed by atoms with Crippen molar-refractivity contribution in [3.63, 3.8) is 0 Å². The number of carbonyl (C=O) groups is 1. The van der Waals surface area contributed by atoms with Crippen LogP contribution in [0.3, 0.4) is 0 Å². The maximum atomic E-state index is 11.9. The number of nitrogens with one attached hydrogen (secondary N) is 3. The predicted molar refractivity (Wildman–Crippen MR) is 115 cm³/mol. The summed E-state index contributed by atoms with van der Waals surface area (Å²) in [5, 5.41) is 12.8. The van der Waals surface area contributed by atoms with Gasteiger partial charge < -0.3 is 16.0 Å². The largest absolute Gasteiger partial charge is 0.357 e. The van der Waals surface area contributed by atoms with Crippen LogP contribution in [0.4, 0.5) is 0 Å². The Labute approximate surface area is 171 Å². The highest BCUT2D eigenvalue weighted by Crippen LogP contribution is 2.17. The Hall–Kier alpha value is -0.900. The predicted octanol–water partition coefficient (Wildman–Crippen LogP) is 2.62. The summed E-state index contributed by atoms with van der Waals surface area (Å²) in [6.45, 7) is 6.14. The summed E-state index contributed by atoms with van der Waals surface area (Å²) in [4.78, 5) is 20.8. The van der Waals surface area contributed by atoms with E-state index in [2.05, 4.69) is 31.3 Å². The zero-order valence-corrected chi connectivity index (χ0v) is 18.3. The van der Waals surface area contributed by atoms with Crippen molar-refractivity contribution in [1.82, 2.24) is 20.9 Å². The minimum absolute atomic E-state index is 0. The van der Waals surface area contributed by atoms with Crippen LogP contribution in [-0.4, -0.2) is 42.5 Å². The molecule has 1 aromatic heterocycles. The third kappa shape index (κ3) is 8.84. The summed E-state index contributed by atoms with van der Waals surface area (Å²) < 4.78 is 0. The Kier molecular flexibility index (Phi) is 11.0. The van der Waals surface area contributed by atoms with Crippen molar-refractivity contribution in [2.75, 3.05) is 19.6 Å². The summed E-state index contributed by atoms with van der Waals surface area (Å²) in [5.41, 5.74) is 1.11. The quantitative estimate of drug-likeness (QED) is 0.304. The molecule has 1 aliphatic rings. The number of carbonyl (C=O) groups excluding carboxylic acids is 1. The Morgan fingerprint density at radius 1 is 1.36 bits per heavy atom. The summed E-state index contributed by atoms with van der Waals surface area (Å²) in [6, 6.07) is 0.384. The maximum absolute atomic E-state index is 11.9. The van der Waals surface area contributed by atoms with Crippen molar-refractivity contribution >= 4 is 47.2 Å². The zero-order chi connectivity index (χ0) is 17.2. The molecule has 0 saturated heterocycles. The van der Waals surface area contributed by atoms with Gasteiger partial charge in [0, 0.05) is 37.4 Å². The Morgan fingerprint density at radius 2 is 2.12 bits per heavy atom. The van der Waals surface area contributed by atoms with Gasteiger partial charge in [0.1, 0.15) is 0 Å². The molecule has 6 nitrogen and oxygen atoms in total. The van der Waals surface area contributed by atoms with Gasteiger partial charge in [-0.2, -0.15) is 0 Å². The van der Waals surface area contributed by atoms with E-state index in [0.717, 1.165) is 49.0 Å². The van der Waals surface area contributed by atoms with Gasteiger partial charge in [-0.3, -0.25) is 9.79 Å². The van der Waals surface area contributed by atoms with Crippen molar-refractivity contribution in [3.8, 4) is 0 Å². The van der Waals surface area contributed by atoms with Gasteiger partial charge in [0.05, 0.1) is 17.2 Å². The molecule has 0 aliphatic heterocycles. The van der Waals surface area contributed by atoms with Gasteiger partial charge in [0.15, 0.2) is 5.96 Å². The molecule has 0 unspecified atom stereocenters. The van der Waals surface area contributed by atoms with E-state index in [9.17, 15) is 4.79 Å². The lowest BCUT2D eigenvalue weighted by atomic mass is 10.2. The average molecular weight is 479 g/mol. The molecule has 1 aliphatic carbocycles. The second-order valence-corrected chi connectivity index (χ2v) is 7.16. The van der Waals surface area contributed by atoms with Gasteiger partial charge in [-0.1, -0.05) is 12.8 Å². The smallest absolute Gasteiger partial charge is 0.222 e. The summed E-state index contributed by atoms with van der Waals surface area (Å²) in [6.07, 6.45) is 6.02. The van der Waals surface area contributed by atoms with Crippen LogP contribution >= 0.6 is 35.3 Å². The molecule has 0 radical (unpaired) electrons. The van der Waals surface area contributed by atoms with E-state index in [1.165, 1.54) is 12.8 Å². The first kappa shape index (κ1) is 22.1. The van der Waals surface area contributed by atoms with Crippen LogP contribution in [0.1, 0.15) is 49.7 Å². The molecule has 0 bridgehead atoms. The monoisotopic (exact) mass is 479 g/mol. The number of aryl methyl sites for hydroxylation is 1. The summed E-state index contributed by atoms with van der Waals surface area (Å²) in [5.74, 6) is 0.873. The van der Waals surface area contributed by atoms with Gasteiger partial charge in [-0.05, 0) is 26.7 Å². The topological polar surface area (TPSA) is 78.4 Å². The number of hydrogen-bond acceptors (Lipinski definition) is 4. The van der Waals surface area contributed by atoms with Crippen LogP contribution in [0.25, 0.3) is 0 Å². The lowest BCUT2D eigenvalue weighted by Gasteiger charge is -2.12. The molecule has 0 atom stereocenters. The minimum atomic E-state index is 0. The van der Waals surface area contributed by atoms with Gasteiger partial charge in [-0.15, -0.1) is 35.3 Å². The molecule has 2 rings (SSSR count). The van der Waals surface area contributed by atoms with Gasteiger partial charge >= 0.3 is 0 Å². The summed E-state index contributed by atoms with van der Waals surface area (Å²) in [7, 11) is 0. The minimum Gasteiger partial charge on any atom is -0.357 e. The van der Waals surface area contributed by atoms with E-state index < -0.39 is 0 Å². The number of nitrogens with zero attached hydrogens (tertiary/aromatic N) is 2. The van der Waals surface area contributed by atoms with Crippen LogP contribution in [0.5, 0.6) is 0 Å². The lowest BCUT2D eigenvalue weighted by Crippen LogP contribution is -2.39. The summed E-state index contributed by atoms with van der Waals surface area (Å²) >= 11 is 1.67.